The van der Waals surface area contributed by atoms with Gasteiger partial charge in [0.15, 0.2) is 5.65 Å². The fraction of sp³-hybridized carbons (Fsp3) is 0.462. The third-order valence-corrected chi connectivity index (χ3v) is 4.52. The largest absolute Gasteiger partial charge is 0.338 e. The van der Waals surface area contributed by atoms with Crippen molar-refractivity contribution in [1.29, 1.82) is 0 Å². The Labute approximate surface area is 120 Å². The Morgan fingerprint density at radius 2 is 2.00 bits per heavy atom. The zero-order valence-corrected chi connectivity index (χ0v) is 12.4. The Morgan fingerprint density at radius 1 is 1.20 bits per heavy atom. The molecule has 3 aromatic heterocycles. The van der Waals surface area contributed by atoms with Crippen LogP contribution in [0.2, 0.25) is 0 Å². The molecule has 1 N–H and O–H groups in total. The zero-order chi connectivity index (χ0) is 13.7. The Balaban J connectivity index is 2.01. The van der Waals surface area contributed by atoms with Gasteiger partial charge in [-0.3, -0.25) is 0 Å². The number of nitrogens with zero attached hydrogens (tertiary/aromatic N) is 5. The molecule has 0 unspecified atom stereocenters. The van der Waals surface area contributed by atoms with E-state index in [0.717, 1.165) is 53.8 Å². The molecular weight excluding hydrogens is 272 g/mol. The highest BCUT2D eigenvalue weighted by Gasteiger charge is 2.19. The highest BCUT2D eigenvalue weighted by Crippen LogP contribution is 2.29. The van der Waals surface area contributed by atoms with Crippen molar-refractivity contribution in [1.82, 2.24) is 24.9 Å². The third kappa shape index (κ3) is 1.77. The number of aromatic nitrogens is 4. The van der Waals surface area contributed by atoms with Gasteiger partial charge < -0.3 is 10.2 Å². The number of piperazine rings is 1. The number of hydrogen-bond donors (Lipinski definition) is 1. The Morgan fingerprint density at radius 3 is 2.80 bits per heavy atom. The molecule has 0 bridgehead atoms. The van der Waals surface area contributed by atoms with Gasteiger partial charge >= 0.3 is 0 Å². The van der Waals surface area contributed by atoms with Crippen LogP contribution in [-0.4, -0.2) is 45.8 Å². The number of rotatable bonds is 1. The molecule has 3 aromatic rings. The first-order chi connectivity index (χ1) is 9.72. The Kier molecular flexibility index (Phi) is 2.64. The second-order valence-corrected chi connectivity index (χ2v) is 6.35. The monoisotopic (exact) mass is 288 g/mol. The maximum absolute atomic E-state index is 4.84. The molecule has 4 rings (SSSR count). The molecule has 0 aliphatic carbocycles. The van der Waals surface area contributed by atoms with Crippen LogP contribution < -0.4 is 10.2 Å². The summed E-state index contributed by atoms with van der Waals surface area (Å²) in [6.45, 7) is 7.92. The van der Waals surface area contributed by atoms with E-state index in [1.54, 1.807) is 11.3 Å². The number of hydrogen-bond acceptors (Lipinski definition) is 6. The van der Waals surface area contributed by atoms with Crippen LogP contribution in [0.5, 0.6) is 0 Å². The summed E-state index contributed by atoms with van der Waals surface area (Å²) in [6, 6.07) is 2.15. The van der Waals surface area contributed by atoms with Crippen molar-refractivity contribution in [3.05, 3.63) is 16.8 Å². The number of thiophene rings is 1. The number of aryl methyl sites for hydroxylation is 2. The summed E-state index contributed by atoms with van der Waals surface area (Å²) in [5.74, 6) is 1.70. The summed E-state index contributed by atoms with van der Waals surface area (Å²) < 4.78 is 1.90. The van der Waals surface area contributed by atoms with E-state index in [-0.39, 0.29) is 0 Å². The van der Waals surface area contributed by atoms with E-state index in [0.29, 0.717) is 0 Å². The standard InChI is InChI=1S/C13H16N6S/c1-8-7-10-11-15-9(2)17-19(11)13(16-12(10)20-8)18-5-3-14-4-6-18/h7,14H,3-6H2,1-2H3. The van der Waals surface area contributed by atoms with Crippen LogP contribution in [0.4, 0.5) is 5.95 Å². The van der Waals surface area contributed by atoms with Crippen molar-refractivity contribution < 1.29 is 0 Å². The molecule has 104 valence electrons. The molecule has 6 nitrogen and oxygen atoms in total. The zero-order valence-electron chi connectivity index (χ0n) is 11.6. The van der Waals surface area contributed by atoms with Crippen molar-refractivity contribution in [2.45, 2.75) is 13.8 Å². The maximum Gasteiger partial charge on any atom is 0.230 e. The molecule has 0 radical (unpaired) electrons. The first-order valence-corrected chi connectivity index (χ1v) is 7.63. The summed E-state index contributed by atoms with van der Waals surface area (Å²) >= 11 is 1.72. The third-order valence-electron chi connectivity index (χ3n) is 3.58. The molecule has 1 aliphatic rings. The van der Waals surface area contributed by atoms with Gasteiger partial charge in [0.1, 0.15) is 10.7 Å². The van der Waals surface area contributed by atoms with Gasteiger partial charge in [-0.25, -0.2) is 9.97 Å². The van der Waals surface area contributed by atoms with E-state index in [1.165, 1.54) is 4.88 Å². The molecule has 0 spiro atoms. The highest BCUT2D eigenvalue weighted by molar-refractivity contribution is 7.18. The molecule has 20 heavy (non-hydrogen) atoms. The van der Waals surface area contributed by atoms with E-state index in [4.69, 9.17) is 4.98 Å². The van der Waals surface area contributed by atoms with E-state index in [9.17, 15) is 0 Å². The van der Waals surface area contributed by atoms with Crippen LogP contribution >= 0.6 is 11.3 Å². The van der Waals surface area contributed by atoms with Gasteiger partial charge in [-0.2, -0.15) is 4.52 Å². The minimum absolute atomic E-state index is 0.791. The van der Waals surface area contributed by atoms with Gasteiger partial charge in [-0.1, -0.05) is 0 Å². The number of nitrogens with one attached hydrogen (secondary N) is 1. The van der Waals surface area contributed by atoms with Gasteiger partial charge in [0.2, 0.25) is 5.95 Å². The van der Waals surface area contributed by atoms with Gasteiger partial charge in [-0.15, -0.1) is 16.4 Å². The second-order valence-electron chi connectivity index (χ2n) is 5.12. The molecule has 4 heterocycles. The fourth-order valence-electron chi connectivity index (χ4n) is 2.68. The van der Waals surface area contributed by atoms with Crippen molar-refractivity contribution >= 4 is 33.1 Å². The molecule has 0 saturated carbocycles. The fourth-order valence-corrected chi connectivity index (χ4v) is 3.55. The lowest BCUT2D eigenvalue weighted by Gasteiger charge is -2.28. The van der Waals surface area contributed by atoms with E-state index in [2.05, 4.69) is 33.3 Å². The molecule has 0 atom stereocenters. The van der Waals surface area contributed by atoms with Crippen molar-refractivity contribution in [3.63, 3.8) is 0 Å². The Hall–Kier alpha value is -1.73. The first kappa shape index (κ1) is 12.0. The van der Waals surface area contributed by atoms with E-state index in [1.807, 2.05) is 11.4 Å². The lowest BCUT2D eigenvalue weighted by atomic mass is 10.3. The lowest BCUT2D eigenvalue weighted by molar-refractivity contribution is 0.575. The lowest BCUT2D eigenvalue weighted by Crippen LogP contribution is -2.44. The van der Waals surface area contributed by atoms with Gasteiger partial charge in [0.25, 0.3) is 0 Å². The average molecular weight is 288 g/mol. The summed E-state index contributed by atoms with van der Waals surface area (Å²) in [4.78, 5) is 14.0. The van der Waals surface area contributed by atoms with Crippen LogP contribution in [0, 0.1) is 13.8 Å². The SMILES string of the molecule is Cc1nc2c3cc(C)sc3nc(N3CCNCC3)n2n1. The van der Waals surface area contributed by atoms with Crippen LogP contribution in [0.25, 0.3) is 15.9 Å². The van der Waals surface area contributed by atoms with E-state index < -0.39 is 0 Å². The average Bonchev–Trinajstić information content (AvgIpc) is 3.00. The molecule has 1 aliphatic heterocycles. The van der Waals surface area contributed by atoms with Crippen molar-refractivity contribution in [2.24, 2.45) is 0 Å². The minimum atomic E-state index is 0.791. The predicted molar refractivity (Wildman–Crippen MR) is 80.7 cm³/mol. The van der Waals surface area contributed by atoms with Crippen LogP contribution in [-0.2, 0) is 0 Å². The van der Waals surface area contributed by atoms with Crippen LogP contribution in [0.1, 0.15) is 10.7 Å². The summed E-state index contributed by atoms with van der Waals surface area (Å²) in [6.07, 6.45) is 0. The predicted octanol–water partition coefficient (Wildman–Crippen LogP) is 1.37. The molecule has 0 amide bonds. The molecule has 0 aromatic carbocycles. The molecular formula is C13H16N6S. The first-order valence-electron chi connectivity index (χ1n) is 6.81. The summed E-state index contributed by atoms with van der Waals surface area (Å²) in [5, 5.41) is 9.00. The smallest absolute Gasteiger partial charge is 0.230 e. The summed E-state index contributed by atoms with van der Waals surface area (Å²) in [7, 11) is 0. The Bertz CT molecular complexity index is 783. The molecule has 1 fully saturated rings. The minimum Gasteiger partial charge on any atom is -0.338 e. The highest BCUT2D eigenvalue weighted by atomic mass is 32.1. The van der Waals surface area contributed by atoms with Gasteiger partial charge in [-0.05, 0) is 19.9 Å². The van der Waals surface area contributed by atoms with Crippen molar-refractivity contribution in [2.75, 3.05) is 31.1 Å². The topological polar surface area (TPSA) is 58.4 Å². The molecule has 1 saturated heterocycles. The summed E-state index contributed by atoms with van der Waals surface area (Å²) in [5.41, 5.74) is 0.922. The quantitative estimate of drug-likeness (QED) is 0.733. The van der Waals surface area contributed by atoms with Gasteiger partial charge in [0.05, 0.1) is 5.39 Å². The molecule has 7 heteroatoms. The number of anilines is 1. The maximum atomic E-state index is 4.84. The van der Waals surface area contributed by atoms with Crippen molar-refractivity contribution in [3.8, 4) is 0 Å². The van der Waals surface area contributed by atoms with Crippen LogP contribution in [0.3, 0.4) is 0 Å². The van der Waals surface area contributed by atoms with Crippen LogP contribution in [0.15, 0.2) is 6.07 Å². The number of fused-ring (bicyclic) bond motifs is 3. The van der Waals surface area contributed by atoms with E-state index >= 15 is 0 Å². The normalized spacial score (nSPS) is 16.4. The second kappa shape index (κ2) is 4.39. The van der Waals surface area contributed by atoms with Gasteiger partial charge in [0, 0.05) is 31.1 Å².